The number of likely N-dealkylation sites (tertiary alicyclic amines) is 1. The van der Waals surface area contributed by atoms with E-state index in [0.29, 0.717) is 6.54 Å². The minimum atomic E-state index is -0.419. The smallest absolute Gasteiger partial charge is 0.255 e. The maximum atomic E-state index is 12.7. The van der Waals surface area contributed by atoms with E-state index in [2.05, 4.69) is 16.3 Å². The van der Waals surface area contributed by atoms with Crippen LogP contribution in [0.15, 0.2) is 54.6 Å². The number of anilines is 2. The van der Waals surface area contributed by atoms with Crippen molar-refractivity contribution >= 4 is 35.6 Å². The molecule has 2 aliphatic rings. The number of nitrogens with zero attached hydrogens (tertiary/aromatic N) is 2. The Morgan fingerprint density at radius 1 is 1.12 bits per heavy atom. The Morgan fingerprint density at radius 3 is 2.53 bits per heavy atom. The van der Waals surface area contributed by atoms with Gasteiger partial charge in [0.15, 0.2) is 0 Å². The highest BCUT2D eigenvalue weighted by atomic mass is 35.5. The molecule has 0 aromatic heterocycles. The normalized spacial score (nSPS) is 20.6. The van der Waals surface area contributed by atoms with Gasteiger partial charge >= 0.3 is 0 Å². The first kappa shape index (κ1) is 24.2. The maximum absolute atomic E-state index is 12.7. The van der Waals surface area contributed by atoms with Gasteiger partial charge in [-0.15, -0.1) is 12.4 Å². The van der Waals surface area contributed by atoms with Crippen molar-refractivity contribution in [1.29, 1.82) is 0 Å². The number of rotatable bonds is 5. The number of carbonyl (C=O) groups is 2. The molecule has 2 heterocycles. The third-order valence-corrected chi connectivity index (χ3v) is 6.29. The molecule has 1 atom stereocenters. The van der Waals surface area contributed by atoms with Crippen LogP contribution in [-0.4, -0.2) is 54.6 Å². The Bertz CT molecular complexity index is 929. The summed E-state index contributed by atoms with van der Waals surface area (Å²) < 4.78 is 6.28. The van der Waals surface area contributed by atoms with E-state index in [1.54, 1.807) is 0 Å². The molecule has 2 amide bonds. The second kappa shape index (κ2) is 10.5. The van der Waals surface area contributed by atoms with Crippen molar-refractivity contribution in [2.45, 2.75) is 44.8 Å². The van der Waals surface area contributed by atoms with Crippen molar-refractivity contribution in [2.24, 2.45) is 0 Å². The number of hydrogen-bond acceptors (Lipinski definition) is 4. The van der Waals surface area contributed by atoms with E-state index in [1.807, 2.05) is 60.4 Å². The Morgan fingerprint density at radius 2 is 1.84 bits per heavy atom. The average Bonchev–Trinajstić information content (AvgIpc) is 2.76. The van der Waals surface area contributed by atoms with Crippen molar-refractivity contribution in [2.75, 3.05) is 36.4 Å². The summed E-state index contributed by atoms with van der Waals surface area (Å²) in [6, 6.07) is 17.9. The summed E-state index contributed by atoms with van der Waals surface area (Å²) in [6.45, 7) is 6.89. The highest BCUT2D eigenvalue weighted by molar-refractivity contribution is 5.97. The molecule has 4 rings (SSSR count). The second-order valence-corrected chi connectivity index (χ2v) is 8.68. The average molecular weight is 458 g/mol. The summed E-state index contributed by atoms with van der Waals surface area (Å²) in [5.41, 5.74) is 2.74. The van der Waals surface area contributed by atoms with Crippen LogP contribution in [0.4, 0.5) is 11.4 Å². The van der Waals surface area contributed by atoms with Gasteiger partial charge in [0.1, 0.15) is 6.10 Å². The first-order valence-corrected chi connectivity index (χ1v) is 11.1. The predicted octanol–water partition coefficient (Wildman–Crippen LogP) is 3.90. The Labute approximate surface area is 196 Å². The number of halogens is 1. The molecule has 1 N–H and O–H groups in total. The fraction of sp³-hybridized carbons (Fsp3) is 0.440. The summed E-state index contributed by atoms with van der Waals surface area (Å²) in [4.78, 5) is 28.4. The van der Waals surface area contributed by atoms with Gasteiger partial charge in [-0.05, 0) is 56.0 Å². The molecule has 2 aliphatic heterocycles. The van der Waals surface area contributed by atoms with E-state index in [-0.39, 0.29) is 29.8 Å². The van der Waals surface area contributed by atoms with E-state index < -0.39 is 6.10 Å². The van der Waals surface area contributed by atoms with Crippen LogP contribution in [0.1, 0.15) is 32.3 Å². The zero-order chi connectivity index (χ0) is 21.8. The Kier molecular flexibility index (Phi) is 7.93. The van der Waals surface area contributed by atoms with Crippen LogP contribution >= 0.6 is 12.4 Å². The monoisotopic (exact) mass is 457 g/mol. The molecular formula is C25H32ClN3O3. The molecule has 0 radical (unpaired) electrons. The molecule has 2 aromatic rings. The third kappa shape index (κ3) is 5.68. The molecule has 172 valence electrons. The zero-order valence-electron chi connectivity index (χ0n) is 18.8. The van der Waals surface area contributed by atoms with Crippen molar-refractivity contribution in [3.63, 3.8) is 0 Å². The number of para-hydroxylation sites is 1. The first-order valence-electron chi connectivity index (χ1n) is 11.1. The summed E-state index contributed by atoms with van der Waals surface area (Å²) >= 11 is 0. The third-order valence-electron chi connectivity index (χ3n) is 6.29. The molecule has 32 heavy (non-hydrogen) atoms. The van der Waals surface area contributed by atoms with E-state index in [1.165, 1.54) is 12.5 Å². The molecule has 1 spiro atoms. The second-order valence-electron chi connectivity index (χ2n) is 8.68. The molecule has 2 aromatic carbocycles. The number of morpholine rings is 1. The van der Waals surface area contributed by atoms with E-state index in [9.17, 15) is 9.59 Å². The summed E-state index contributed by atoms with van der Waals surface area (Å²) in [7, 11) is 0. The summed E-state index contributed by atoms with van der Waals surface area (Å²) in [5.74, 6) is -0.0125. The number of ether oxygens (including phenoxy) is 1. The quantitative estimate of drug-likeness (QED) is 0.739. The van der Waals surface area contributed by atoms with Gasteiger partial charge in [-0.1, -0.05) is 30.3 Å². The lowest BCUT2D eigenvalue weighted by Gasteiger charge is -2.49. The molecule has 2 fully saturated rings. The van der Waals surface area contributed by atoms with Crippen LogP contribution in [0.2, 0.25) is 0 Å². The van der Waals surface area contributed by atoms with Gasteiger partial charge in [-0.2, -0.15) is 0 Å². The minimum absolute atomic E-state index is 0. The Hall–Kier alpha value is -2.41. The van der Waals surface area contributed by atoms with Gasteiger partial charge in [0.25, 0.3) is 5.91 Å². The Balaban J connectivity index is 0.00000289. The van der Waals surface area contributed by atoms with Gasteiger partial charge in [0.2, 0.25) is 5.91 Å². The zero-order valence-corrected chi connectivity index (χ0v) is 19.6. The highest BCUT2D eigenvalue weighted by Gasteiger charge is 2.45. The van der Waals surface area contributed by atoms with Crippen molar-refractivity contribution in [1.82, 2.24) is 4.90 Å². The van der Waals surface area contributed by atoms with Gasteiger partial charge in [-0.25, -0.2) is 0 Å². The lowest BCUT2D eigenvalue weighted by Crippen LogP contribution is -2.61. The molecule has 0 bridgehead atoms. The SMILES string of the molecule is CC(=O)Nc1cccc(CCN2CCC3(CC2)CN(c2ccccc2)C(=O)C(C)O3)c1.Cl. The summed E-state index contributed by atoms with van der Waals surface area (Å²) in [5, 5.41) is 2.85. The first-order chi connectivity index (χ1) is 14.9. The van der Waals surface area contributed by atoms with Crippen molar-refractivity contribution in [3.05, 3.63) is 60.2 Å². The van der Waals surface area contributed by atoms with Crippen LogP contribution in [0, 0.1) is 0 Å². The lowest BCUT2D eigenvalue weighted by molar-refractivity contribution is -0.161. The molecule has 1 unspecified atom stereocenters. The number of benzene rings is 2. The molecule has 7 heteroatoms. The van der Waals surface area contributed by atoms with Crippen LogP contribution in [0.3, 0.4) is 0 Å². The highest BCUT2D eigenvalue weighted by Crippen LogP contribution is 2.35. The van der Waals surface area contributed by atoms with Gasteiger partial charge in [0, 0.05) is 37.9 Å². The number of amides is 2. The number of piperidine rings is 1. The number of nitrogens with one attached hydrogen (secondary N) is 1. The molecule has 6 nitrogen and oxygen atoms in total. The molecule has 0 saturated carbocycles. The predicted molar refractivity (Wildman–Crippen MR) is 129 cm³/mol. The minimum Gasteiger partial charge on any atom is -0.360 e. The number of carbonyl (C=O) groups excluding carboxylic acids is 2. The van der Waals surface area contributed by atoms with Crippen LogP contribution in [0.25, 0.3) is 0 Å². The van der Waals surface area contributed by atoms with Crippen LogP contribution in [-0.2, 0) is 20.7 Å². The van der Waals surface area contributed by atoms with Crippen LogP contribution < -0.4 is 10.2 Å². The number of hydrogen-bond donors (Lipinski definition) is 1. The van der Waals surface area contributed by atoms with Gasteiger partial charge < -0.3 is 19.9 Å². The van der Waals surface area contributed by atoms with Crippen molar-refractivity contribution in [3.8, 4) is 0 Å². The van der Waals surface area contributed by atoms with Gasteiger partial charge in [-0.3, -0.25) is 9.59 Å². The van der Waals surface area contributed by atoms with E-state index in [4.69, 9.17) is 4.74 Å². The molecule has 0 aliphatic carbocycles. The fourth-order valence-corrected chi connectivity index (χ4v) is 4.63. The standard InChI is InChI=1S/C25H31N3O3.ClH/c1-19-24(30)28(23-9-4-3-5-10-23)18-25(31-19)12-15-27(16-13-25)14-11-21-7-6-8-22(17-21)26-20(2)29;/h3-10,17,19H,11-16,18H2,1-2H3,(H,26,29);1H. The fourth-order valence-electron chi connectivity index (χ4n) is 4.63. The maximum Gasteiger partial charge on any atom is 0.255 e. The summed E-state index contributed by atoms with van der Waals surface area (Å²) in [6.07, 6.45) is 2.35. The van der Waals surface area contributed by atoms with Gasteiger partial charge in [0.05, 0.1) is 12.1 Å². The lowest BCUT2D eigenvalue weighted by atomic mass is 9.88. The van der Waals surface area contributed by atoms with E-state index in [0.717, 1.165) is 50.3 Å². The van der Waals surface area contributed by atoms with Crippen LogP contribution in [0.5, 0.6) is 0 Å². The molecule has 2 saturated heterocycles. The van der Waals surface area contributed by atoms with Crippen molar-refractivity contribution < 1.29 is 14.3 Å². The molecular weight excluding hydrogens is 426 g/mol. The largest absolute Gasteiger partial charge is 0.360 e. The van der Waals surface area contributed by atoms with E-state index >= 15 is 0 Å². The topological polar surface area (TPSA) is 61.9 Å².